The maximum Gasteiger partial charge on any atom is 0.250 e. The Hall–Kier alpha value is -2.28. The molecular formula is C14H16N2O4S. The molecule has 0 aliphatic carbocycles. The van der Waals surface area contributed by atoms with E-state index in [2.05, 4.69) is 0 Å². The third-order valence-electron chi connectivity index (χ3n) is 3.06. The Labute approximate surface area is 122 Å². The summed E-state index contributed by atoms with van der Waals surface area (Å²) in [4.78, 5) is 11.6. The molecule has 2 N–H and O–H groups in total. The van der Waals surface area contributed by atoms with Crippen LogP contribution in [-0.2, 0) is 16.4 Å². The second-order valence-corrected chi connectivity index (χ2v) is 6.53. The van der Waals surface area contributed by atoms with Crippen molar-refractivity contribution in [1.82, 2.24) is 4.57 Å². The fourth-order valence-corrected chi connectivity index (χ4v) is 3.26. The van der Waals surface area contributed by atoms with Crippen molar-refractivity contribution in [3.8, 4) is 5.75 Å². The molecule has 0 spiro atoms. The number of aromatic nitrogens is 1. The maximum atomic E-state index is 12.4. The zero-order valence-corrected chi connectivity index (χ0v) is 12.3. The first-order valence-corrected chi connectivity index (χ1v) is 7.91. The second kappa shape index (κ2) is 6.01. The third-order valence-corrected chi connectivity index (χ3v) is 4.80. The van der Waals surface area contributed by atoms with Crippen molar-refractivity contribution < 1.29 is 13.2 Å². The lowest BCUT2D eigenvalue weighted by atomic mass is 10.3. The summed E-state index contributed by atoms with van der Waals surface area (Å²) < 4.78 is 31.1. The highest BCUT2D eigenvalue weighted by Crippen LogP contribution is 2.25. The molecule has 21 heavy (non-hydrogen) atoms. The van der Waals surface area contributed by atoms with Gasteiger partial charge in [0.25, 0.3) is 5.56 Å². The lowest BCUT2D eigenvalue weighted by Crippen LogP contribution is -2.23. The van der Waals surface area contributed by atoms with Crippen LogP contribution in [-0.4, -0.2) is 25.8 Å². The van der Waals surface area contributed by atoms with E-state index >= 15 is 0 Å². The molecule has 0 radical (unpaired) electrons. The number of anilines is 1. The molecule has 0 bridgehead atoms. The lowest BCUT2D eigenvalue weighted by molar-refractivity contribution is 0.413. The molecule has 2 aromatic rings. The Balaban J connectivity index is 2.27. The predicted molar refractivity (Wildman–Crippen MR) is 80.2 cm³/mol. The first-order chi connectivity index (χ1) is 9.94. The van der Waals surface area contributed by atoms with E-state index in [0.29, 0.717) is 5.75 Å². The summed E-state index contributed by atoms with van der Waals surface area (Å²) in [6.45, 7) is 0.0681. The topological polar surface area (TPSA) is 91.4 Å². The fraction of sp³-hybridized carbons (Fsp3) is 0.214. The van der Waals surface area contributed by atoms with Crippen molar-refractivity contribution in [3.63, 3.8) is 0 Å². The summed E-state index contributed by atoms with van der Waals surface area (Å²) in [5.74, 6) is 0.202. The van der Waals surface area contributed by atoms with Crippen LogP contribution in [0.1, 0.15) is 0 Å². The number of hydrogen-bond acceptors (Lipinski definition) is 5. The average molecular weight is 308 g/mol. The molecule has 7 heteroatoms. The molecule has 0 amide bonds. The molecule has 0 aliphatic heterocycles. The largest absolute Gasteiger partial charge is 0.497 e. The van der Waals surface area contributed by atoms with Crippen molar-refractivity contribution in [3.05, 3.63) is 52.9 Å². The number of hydrogen-bond donors (Lipinski definition) is 1. The molecule has 0 aliphatic rings. The summed E-state index contributed by atoms with van der Waals surface area (Å²) >= 11 is 0. The van der Waals surface area contributed by atoms with Crippen LogP contribution < -0.4 is 16.0 Å². The van der Waals surface area contributed by atoms with Gasteiger partial charge in [0, 0.05) is 24.9 Å². The Bertz CT molecular complexity index is 797. The highest BCUT2D eigenvalue weighted by Gasteiger charge is 2.18. The zero-order chi connectivity index (χ0) is 15.5. The number of ether oxygens (including phenoxy) is 1. The Morgan fingerprint density at radius 3 is 2.67 bits per heavy atom. The summed E-state index contributed by atoms with van der Waals surface area (Å²) in [5.41, 5.74) is 5.64. The van der Waals surface area contributed by atoms with Crippen molar-refractivity contribution in [2.45, 2.75) is 11.4 Å². The van der Waals surface area contributed by atoms with Crippen LogP contribution in [0.15, 0.2) is 52.3 Å². The monoisotopic (exact) mass is 308 g/mol. The number of rotatable bonds is 5. The van der Waals surface area contributed by atoms with Gasteiger partial charge in [-0.15, -0.1) is 0 Å². The van der Waals surface area contributed by atoms with Gasteiger partial charge in [-0.25, -0.2) is 8.42 Å². The number of methoxy groups -OCH3 is 1. The molecule has 6 nitrogen and oxygen atoms in total. The average Bonchev–Trinajstić information content (AvgIpc) is 2.47. The van der Waals surface area contributed by atoms with Gasteiger partial charge in [0.1, 0.15) is 5.75 Å². The molecular weight excluding hydrogens is 292 g/mol. The minimum Gasteiger partial charge on any atom is -0.497 e. The highest BCUT2D eigenvalue weighted by molar-refractivity contribution is 7.91. The van der Waals surface area contributed by atoms with Gasteiger partial charge >= 0.3 is 0 Å². The first kappa shape index (κ1) is 15.1. The van der Waals surface area contributed by atoms with Crippen LogP contribution in [0.4, 0.5) is 5.69 Å². The van der Waals surface area contributed by atoms with E-state index in [-0.39, 0.29) is 28.4 Å². The van der Waals surface area contributed by atoms with Crippen molar-refractivity contribution in [2.24, 2.45) is 0 Å². The molecule has 0 atom stereocenters. The molecule has 0 fully saturated rings. The number of sulfone groups is 1. The zero-order valence-electron chi connectivity index (χ0n) is 11.5. The van der Waals surface area contributed by atoms with Crippen molar-refractivity contribution in [1.29, 1.82) is 0 Å². The molecule has 1 aromatic carbocycles. The minimum absolute atomic E-state index is 0.0193. The van der Waals surface area contributed by atoms with Crippen LogP contribution in [0.25, 0.3) is 0 Å². The van der Waals surface area contributed by atoms with E-state index in [1.54, 1.807) is 24.4 Å². The molecule has 112 valence electrons. The number of nitrogen functional groups attached to an aromatic ring is 1. The predicted octanol–water partition coefficient (Wildman–Crippen LogP) is 0.913. The van der Waals surface area contributed by atoms with E-state index in [4.69, 9.17) is 10.5 Å². The number of nitrogens with two attached hydrogens (primary N) is 1. The number of nitrogens with zero attached hydrogens (tertiary/aromatic N) is 1. The van der Waals surface area contributed by atoms with Gasteiger partial charge < -0.3 is 15.0 Å². The number of pyridine rings is 1. The van der Waals surface area contributed by atoms with E-state index in [9.17, 15) is 13.2 Å². The van der Waals surface area contributed by atoms with Gasteiger partial charge in [-0.05, 0) is 18.2 Å². The van der Waals surface area contributed by atoms with Crippen LogP contribution >= 0.6 is 0 Å². The van der Waals surface area contributed by atoms with E-state index < -0.39 is 9.84 Å². The van der Waals surface area contributed by atoms with E-state index in [0.717, 1.165) is 0 Å². The van der Waals surface area contributed by atoms with Crippen molar-refractivity contribution in [2.75, 3.05) is 18.6 Å². The summed E-state index contributed by atoms with van der Waals surface area (Å²) in [6.07, 6.45) is 1.55. The Kier molecular flexibility index (Phi) is 4.32. The van der Waals surface area contributed by atoms with Crippen LogP contribution in [0.3, 0.4) is 0 Å². The van der Waals surface area contributed by atoms with Crippen LogP contribution in [0.2, 0.25) is 0 Å². The van der Waals surface area contributed by atoms with Gasteiger partial charge in [0.15, 0.2) is 9.84 Å². The normalized spacial score (nSPS) is 11.3. The van der Waals surface area contributed by atoms with Gasteiger partial charge in [0.05, 0.1) is 23.4 Å². The lowest BCUT2D eigenvalue weighted by Gasteiger charge is -2.10. The first-order valence-electron chi connectivity index (χ1n) is 6.26. The fourth-order valence-electron chi connectivity index (χ4n) is 1.88. The Morgan fingerprint density at radius 1 is 1.24 bits per heavy atom. The molecule has 0 unspecified atom stereocenters. The molecule has 0 saturated carbocycles. The standard InChI is InChI=1S/C14H16N2O4S/c1-20-11-5-6-12(15)13(10-11)21(18,19)9-8-16-7-3-2-4-14(16)17/h2-7,10H,8-9,15H2,1H3. The molecule has 0 saturated heterocycles. The summed E-state index contributed by atoms with van der Waals surface area (Å²) in [5, 5.41) is 0. The second-order valence-electron chi connectivity index (χ2n) is 4.45. The van der Waals surface area contributed by atoms with Gasteiger partial charge in [-0.1, -0.05) is 6.07 Å². The van der Waals surface area contributed by atoms with Crippen LogP contribution in [0.5, 0.6) is 5.75 Å². The highest BCUT2D eigenvalue weighted by atomic mass is 32.2. The van der Waals surface area contributed by atoms with Gasteiger partial charge in [-0.2, -0.15) is 0 Å². The quantitative estimate of drug-likeness (QED) is 0.829. The number of aryl methyl sites for hydroxylation is 1. The van der Waals surface area contributed by atoms with Crippen molar-refractivity contribution >= 4 is 15.5 Å². The summed E-state index contributed by atoms with van der Waals surface area (Å²) in [7, 11) is -2.15. The van der Waals surface area contributed by atoms with Crippen LogP contribution in [0, 0.1) is 0 Å². The smallest absolute Gasteiger partial charge is 0.250 e. The number of benzene rings is 1. The molecule has 2 rings (SSSR count). The summed E-state index contributed by atoms with van der Waals surface area (Å²) in [6, 6.07) is 9.13. The SMILES string of the molecule is COc1ccc(N)c(S(=O)(=O)CCn2ccccc2=O)c1. The van der Waals surface area contributed by atoms with Gasteiger partial charge in [0.2, 0.25) is 0 Å². The maximum absolute atomic E-state index is 12.4. The van der Waals surface area contributed by atoms with E-state index in [1.807, 2.05) is 0 Å². The molecule has 1 aromatic heterocycles. The minimum atomic E-state index is -3.60. The third kappa shape index (κ3) is 3.43. The van der Waals surface area contributed by atoms with Gasteiger partial charge in [-0.3, -0.25) is 4.79 Å². The van der Waals surface area contributed by atoms with E-state index in [1.165, 1.54) is 29.9 Å². The Morgan fingerprint density at radius 2 is 2.00 bits per heavy atom. The molecule has 1 heterocycles.